The zero-order valence-electron chi connectivity index (χ0n) is 8.55. The van der Waals surface area contributed by atoms with Crippen molar-refractivity contribution in [2.45, 2.75) is 52.5 Å². The lowest BCUT2D eigenvalue weighted by Gasteiger charge is -2.10. The number of hydrogen-bond donors (Lipinski definition) is 0. The molecule has 0 heterocycles. The highest BCUT2D eigenvalue weighted by Crippen LogP contribution is 2.05. The molecule has 0 aliphatic rings. The number of rotatable bonds is 4. The van der Waals surface area contributed by atoms with E-state index < -0.39 is 0 Å². The van der Waals surface area contributed by atoms with Crippen LogP contribution in [0.15, 0.2) is 4.99 Å². The molecule has 0 fully saturated rings. The summed E-state index contributed by atoms with van der Waals surface area (Å²) in [6.07, 6.45) is 4.44. The van der Waals surface area contributed by atoms with Gasteiger partial charge in [-0.05, 0) is 46.8 Å². The summed E-state index contributed by atoms with van der Waals surface area (Å²) in [5.41, 5.74) is 0.0240. The maximum Gasteiger partial charge on any atom is 0.129 e. The fraction of sp³-hybridized carbons (Fsp3) is 0.800. The van der Waals surface area contributed by atoms with Crippen molar-refractivity contribution in [2.75, 3.05) is 0 Å². The lowest BCUT2D eigenvalue weighted by molar-refractivity contribution is -0.117. The lowest BCUT2D eigenvalue weighted by Crippen LogP contribution is -2.09. The highest BCUT2D eigenvalue weighted by Gasteiger charge is 2.03. The third-order valence-corrected chi connectivity index (χ3v) is 1.34. The Labute approximate surface area is 75.1 Å². The molecule has 0 unspecified atom stereocenters. The predicted octanol–water partition coefficient (Wildman–Crippen LogP) is 2.62. The molecule has 0 aromatic heterocycles. The second-order valence-electron chi connectivity index (χ2n) is 4.08. The number of unbranched alkanes of at least 4 members (excludes halogenated alkanes) is 1. The van der Waals surface area contributed by atoms with Crippen LogP contribution in [0.5, 0.6) is 0 Å². The van der Waals surface area contributed by atoms with Crippen LogP contribution in [0.25, 0.3) is 0 Å². The minimum absolute atomic E-state index is 0.0240. The molecule has 0 radical (unpaired) electrons. The van der Waals surface area contributed by atoms with E-state index in [4.69, 9.17) is 0 Å². The van der Waals surface area contributed by atoms with Crippen LogP contribution < -0.4 is 0 Å². The molecule has 0 aliphatic heterocycles. The Bertz CT molecular complexity index is 165. The number of hydrogen-bond acceptors (Lipinski definition) is 2. The Morgan fingerprint density at radius 1 is 1.42 bits per heavy atom. The van der Waals surface area contributed by atoms with Gasteiger partial charge in [0.1, 0.15) is 5.78 Å². The third kappa shape index (κ3) is 9.34. The molecule has 70 valence electrons. The first kappa shape index (κ1) is 11.3. The van der Waals surface area contributed by atoms with Gasteiger partial charge >= 0.3 is 0 Å². The fourth-order valence-corrected chi connectivity index (χ4v) is 0.781. The number of ketones is 1. The van der Waals surface area contributed by atoms with Gasteiger partial charge < -0.3 is 4.79 Å². The second kappa shape index (κ2) is 5.07. The molecule has 0 saturated heterocycles. The molecule has 0 N–H and O–H groups in total. The van der Waals surface area contributed by atoms with E-state index in [0.717, 1.165) is 12.8 Å². The molecular weight excluding hydrogens is 150 g/mol. The zero-order valence-corrected chi connectivity index (χ0v) is 8.55. The molecule has 0 bridgehead atoms. The Morgan fingerprint density at radius 2 is 2.00 bits per heavy atom. The molecule has 12 heavy (non-hydrogen) atoms. The summed E-state index contributed by atoms with van der Waals surface area (Å²) in [6.45, 7) is 7.82. The van der Waals surface area contributed by atoms with Crippen molar-refractivity contribution in [3.05, 3.63) is 0 Å². The molecule has 2 nitrogen and oxygen atoms in total. The molecule has 0 amide bonds. The zero-order chi connectivity index (χ0) is 9.61. The van der Waals surface area contributed by atoms with Crippen LogP contribution in [0.4, 0.5) is 0 Å². The molecule has 0 spiro atoms. The average molecular weight is 169 g/mol. The third-order valence-electron chi connectivity index (χ3n) is 1.34. The average Bonchev–Trinajstić information content (AvgIpc) is 1.83. The summed E-state index contributed by atoms with van der Waals surface area (Å²) in [4.78, 5) is 14.9. The number of carbonyl (C=O) groups excluding carboxylic acids is 1. The van der Waals surface area contributed by atoms with Crippen molar-refractivity contribution in [2.24, 2.45) is 4.99 Å². The molecule has 0 saturated carbocycles. The molecule has 0 rings (SSSR count). The molecule has 0 aromatic rings. The van der Waals surface area contributed by atoms with Crippen molar-refractivity contribution in [3.63, 3.8) is 0 Å². The Balaban J connectivity index is 3.43. The van der Waals surface area contributed by atoms with Gasteiger partial charge in [0.15, 0.2) is 0 Å². The van der Waals surface area contributed by atoms with Crippen LogP contribution in [-0.4, -0.2) is 17.5 Å². The summed E-state index contributed by atoms with van der Waals surface area (Å²) < 4.78 is 0. The van der Waals surface area contributed by atoms with Crippen molar-refractivity contribution in [1.82, 2.24) is 0 Å². The van der Waals surface area contributed by atoms with Gasteiger partial charge in [0, 0.05) is 6.42 Å². The van der Waals surface area contributed by atoms with E-state index in [1.54, 1.807) is 6.92 Å². The van der Waals surface area contributed by atoms with Gasteiger partial charge in [-0.25, -0.2) is 0 Å². The van der Waals surface area contributed by atoms with Crippen molar-refractivity contribution >= 4 is 12.0 Å². The minimum Gasteiger partial charge on any atom is -0.300 e. The fourth-order valence-electron chi connectivity index (χ4n) is 0.781. The first-order valence-corrected chi connectivity index (χ1v) is 4.45. The lowest BCUT2D eigenvalue weighted by atomic mass is 10.1. The quantitative estimate of drug-likeness (QED) is 0.470. The SMILES string of the molecule is CC(=O)CCCC=NC(C)(C)C. The van der Waals surface area contributed by atoms with Crippen molar-refractivity contribution in [3.8, 4) is 0 Å². The van der Waals surface area contributed by atoms with E-state index in [1.807, 2.05) is 6.21 Å². The first-order chi connectivity index (χ1) is 5.42. The minimum atomic E-state index is 0.0240. The topological polar surface area (TPSA) is 29.4 Å². The van der Waals surface area contributed by atoms with Gasteiger partial charge in [0.25, 0.3) is 0 Å². The number of Topliss-reactive ketones (excluding diaryl/α,β-unsaturated/α-hetero) is 1. The monoisotopic (exact) mass is 169 g/mol. The standard InChI is InChI=1S/C10H19NO/c1-9(12)7-5-6-8-11-10(2,3)4/h8H,5-7H2,1-4H3. The number of carbonyl (C=O) groups is 1. The summed E-state index contributed by atoms with van der Waals surface area (Å²) in [5, 5.41) is 0. The summed E-state index contributed by atoms with van der Waals surface area (Å²) >= 11 is 0. The van der Waals surface area contributed by atoms with Crippen LogP contribution in [0.3, 0.4) is 0 Å². The van der Waals surface area contributed by atoms with E-state index in [0.29, 0.717) is 6.42 Å². The highest BCUT2D eigenvalue weighted by atomic mass is 16.1. The molecule has 0 atom stereocenters. The second-order valence-corrected chi connectivity index (χ2v) is 4.08. The Morgan fingerprint density at radius 3 is 2.42 bits per heavy atom. The summed E-state index contributed by atoms with van der Waals surface area (Å²) in [6, 6.07) is 0. The van der Waals surface area contributed by atoms with E-state index in [-0.39, 0.29) is 11.3 Å². The van der Waals surface area contributed by atoms with Crippen LogP contribution in [0, 0.1) is 0 Å². The van der Waals surface area contributed by atoms with E-state index in [2.05, 4.69) is 25.8 Å². The summed E-state index contributed by atoms with van der Waals surface area (Å²) in [5.74, 6) is 0.263. The number of aliphatic imine (C=N–C) groups is 1. The van der Waals surface area contributed by atoms with Crippen LogP contribution in [-0.2, 0) is 4.79 Å². The maximum atomic E-state index is 10.6. The highest BCUT2D eigenvalue weighted by molar-refractivity contribution is 5.75. The van der Waals surface area contributed by atoms with E-state index in [1.165, 1.54) is 0 Å². The van der Waals surface area contributed by atoms with E-state index in [9.17, 15) is 4.79 Å². The van der Waals surface area contributed by atoms with Gasteiger partial charge in [0.2, 0.25) is 0 Å². The first-order valence-electron chi connectivity index (χ1n) is 4.45. The van der Waals surface area contributed by atoms with Gasteiger partial charge in [-0.1, -0.05) is 0 Å². The predicted molar refractivity (Wildman–Crippen MR) is 52.8 cm³/mol. The number of nitrogens with zero attached hydrogens (tertiary/aromatic N) is 1. The van der Waals surface area contributed by atoms with Crippen LogP contribution in [0.1, 0.15) is 47.0 Å². The molecular formula is C10H19NO. The largest absolute Gasteiger partial charge is 0.300 e. The Kier molecular flexibility index (Phi) is 4.79. The van der Waals surface area contributed by atoms with Crippen LogP contribution >= 0.6 is 0 Å². The molecule has 2 heteroatoms. The maximum absolute atomic E-state index is 10.6. The van der Waals surface area contributed by atoms with Gasteiger partial charge in [-0.3, -0.25) is 4.99 Å². The van der Waals surface area contributed by atoms with E-state index >= 15 is 0 Å². The Hall–Kier alpha value is -0.660. The van der Waals surface area contributed by atoms with Crippen molar-refractivity contribution < 1.29 is 4.79 Å². The van der Waals surface area contributed by atoms with Crippen LogP contribution in [0.2, 0.25) is 0 Å². The molecule has 0 aliphatic carbocycles. The van der Waals surface area contributed by atoms with Gasteiger partial charge in [0.05, 0.1) is 5.54 Å². The van der Waals surface area contributed by atoms with Gasteiger partial charge in [-0.15, -0.1) is 0 Å². The normalized spacial score (nSPS) is 12.3. The summed E-state index contributed by atoms with van der Waals surface area (Å²) in [7, 11) is 0. The van der Waals surface area contributed by atoms with Crippen molar-refractivity contribution in [1.29, 1.82) is 0 Å². The smallest absolute Gasteiger partial charge is 0.129 e. The molecule has 0 aromatic carbocycles. The van der Waals surface area contributed by atoms with Gasteiger partial charge in [-0.2, -0.15) is 0 Å².